The van der Waals surface area contributed by atoms with Crippen molar-refractivity contribution in [2.45, 2.75) is 45.8 Å². The lowest BCUT2D eigenvalue weighted by Crippen LogP contribution is -2.24. The Labute approximate surface area is 246 Å². The number of ether oxygens (including phenoxy) is 1. The maximum absolute atomic E-state index is 13.4. The third-order valence-corrected chi connectivity index (χ3v) is 7.21. The molecular formula is C28H33N7O6S. The van der Waals surface area contributed by atoms with Crippen LogP contribution in [0.1, 0.15) is 54.8 Å². The van der Waals surface area contributed by atoms with Crippen molar-refractivity contribution in [3.63, 3.8) is 0 Å². The summed E-state index contributed by atoms with van der Waals surface area (Å²) in [6, 6.07) is 15.8. The number of esters is 1. The molecular weight excluding hydrogens is 562 g/mol. The minimum atomic E-state index is -1.38. The van der Waals surface area contributed by atoms with Crippen LogP contribution in [0.4, 0.5) is 0 Å². The number of thioether (sulfide) groups is 1. The highest BCUT2D eigenvalue weighted by Crippen LogP contribution is 2.31. The number of hydrogen-bond acceptors (Lipinski definition) is 11. The smallest absolute Gasteiger partial charge is 0.357 e. The fourth-order valence-corrected chi connectivity index (χ4v) is 5.03. The molecule has 0 aliphatic heterocycles. The number of carbonyl (C=O) groups is 1. The zero-order valence-electron chi connectivity index (χ0n) is 23.6. The van der Waals surface area contributed by atoms with E-state index in [1.807, 2.05) is 60.0 Å². The molecule has 0 spiro atoms. The van der Waals surface area contributed by atoms with Crippen LogP contribution in [0.25, 0.3) is 22.5 Å². The second-order valence-corrected chi connectivity index (χ2v) is 11.1. The van der Waals surface area contributed by atoms with Crippen molar-refractivity contribution in [3.8, 4) is 22.5 Å². The van der Waals surface area contributed by atoms with E-state index in [9.17, 15) is 20.0 Å². The van der Waals surface area contributed by atoms with Crippen LogP contribution in [-0.2, 0) is 28.1 Å². The van der Waals surface area contributed by atoms with Gasteiger partial charge in [-0.15, -0.1) is 20.3 Å². The molecule has 0 amide bonds. The molecule has 0 atom stereocenters. The first kappa shape index (κ1) is 30.7. The first-order chi connectivity index (χ1) is 20.2. The first-order valence-corrected chi connectivity index (χ1v) is 14.6. The number of carbonyl (C=O) groups excluding carboxylic acids is 1. The summed E-state index contributed by atoms with van der Waals surface area (Å²) in [4.78, 5) is 32.6. The number of rotatable bonds is 15. The van der Waals surface area contributed by atoms with Crippen LogP contribution in [-0.4, -0.2) is 71.1 Å². The van der Waals surface area contributed by atoms with Crippen LogP contribution in [0.15, 0.2) is 48.5 Å². The summed E-state index contributed by atoms with van der Waals surface area (Å²) in [6.45, 7) is 5.61. The lowest BCUT2D eigenvalue weighted by molar-refractivity contribution is -0.756. The Kier molecular flexibility index (Phi) is 10.3. The molecule has 2 aromatic heterocycles. The largest absolute Gasteiger partial charge is 0.460 e. The van der Waals surface area contributed by atoms with Crippen LogP contribution in [0, 0.1) is 10.1 Å². The molecule has 222 valence electrons. The van der Waals surface area contributed by atoms with Crippen LogP contribution in [0.3, 0.4) is 0 Å². The van der Waals surface area contributed by atoms with Crippen LogP contribution < -0.4 is 0 Å². The summed E-state index contributed by atoms with van der Waals surface area (Å²) in [5.74, 6) is 1.42. The lowest BCUT2D eigenvalue weighted by Gasteiger charge is -2.18. The average molecular weight is 596 g/mol. The van der Waals surface area contributed by atoms with E-state index in [2.05, 4.69) is 30.4 Å². The lowest BCUT2D eigenvalue weighted by atomic mass is 9.98. The molecule has 13 nitrogen and oxygen atoms in total. The number of aliphatic hydroxyl groups is 1. The standard InChI is InChI=1S/C28H33N7O6S/c1-4-7-23-29-25(28(2,3)37)24(27(36)40-14-16-42-17-15-41-35(38)39)34(23)18-19-10-12-20(13-11-19)21-8-5-6-9-22(21)26-30-32-33-31-26/h5-6,8-13,37H,4,7,14-18H2,1-3H3,(H,30,31,32,33). The quantitative estimate of drug-likeness (QED) is 0.0879. The van der Waals surface area contributed by atoms with Gasteiger partial charge in [0.2, 0.25) is 5.82 Å². The number of aromatic amines is 1. The van der Waals surface area contributed by atoms with Gasteiger partial charge in [-0.25, -0.2) is 9.78 Å². The van der Waals surface area contributed by atoms with E-state index >= 15 is 0 Å². The van der Waals surface area contributed by atoms with E-state index in [1.165, 1.54) is 11.8 Å². The molecule has 0 saturated heterocycles. The van der Waals surface area contributed by atoms with Crippen molar-refractivity contribution in [2.24, 2.45) is 0 Å². The molecule has 0 aliphatic carbocycles. The summed E-state index contributed by atoms with van der Waals surface area (Å²) in [6.07, 6.45) is 1.41. The average Bonchev–Trinajstić information content (AvgIpc) is 3.62. The highest BCUT2D eigenvalue weighted by molar-refractivity contribution is 7.99. The van der Waals surface area contributed by atoms with Gasteiger partial charge in [-0.05, 0) is 42.2 Å². The molecule has 0 saturated carbocycles. The van der Waals surface area contributed by atoms with E-state index in [1.54, 1.807) is 13.8 Å². The van der Waals surface area contributed by atoms with Gasteiger partial charge in [0, 0.05) is 30.0 Å². The van der Waals surface area contributed by atoms with Crippen molar-refractivity contribution in [2.75, 3.05) is 24.7 Å². The minimum Gasteiger partial charge on any atom is -0.460 e. The summed E-state index contributed by atoms with van der Waals surface area (Å²) in [7, 11) is 0. The van der Waals surface area contributed by atoms with Crippen molar-refractivity contribution in [3.05, 3.63) is 81.4 Å². The number of hydrogen-bond donors (Lipinski definition) is 2. The fourth-order valence-electron chi connectivity index (χ4n) is 4.43. The molecule has 4 aromatic rings. The molecule has 2 heterocycles. The van der Waals surface area contributed by atoms with E-state index in [0.717, 1.165) is 28.7 Å². The third kappa shape index (κ3) is 7.70. The molecule has 0 bridgehead atoms. The van der Waals surface area contributed by atoms with Gasteiger partial charge in [0.05, 0.1) is 0 Å². The van der Waals surface area contributed by atoms with Crippen LogP contribution in [0.5, 0.6) is 0 Å². The Bertz CT molecular complexity index is 1480. The third-order valence-electron chi connectivity index (χ3n) is 6.30. The molecule has 4 rings (SSSR count). The minimum absolute atomic E-state index is 0.0386. The molecule has 14 heteroatoms. The first-order valence-electron chi connectivity index (χ1n) is 13.5. The van der Waals surface area contributed by atoms with Crippen molar-refractivity contribution in [1.82, 2.24) is 30.2 Å². The molecule has 2 N–H and O–H groups in total. The number of aryl methyl sites for hydroxylation is 1. The maximum Gasteiger partial charge on any atom is 0.357 e. The monoisotopic (exact) mass is 595 g/mol. The molecule has 0 fully saturated rings. The van der Waals surface area contributed by atoms with E-state index in [0.29, 0.717) is 36.1 Å². The number of aromatic nitrogens is 6. The maximum atomic E-state index is 13.4. The number of imidazole rings is 1. The van der Waals surface area contributed by atoms with Gasteiger partial charge in [-0.2, -0.15) is 17.0 Å². The molecule has 42 heavy (non-hydrogen) atoms. The second-order valence-electron chi connectivity index (χ2n) is 9.90. The van der Waals surface area contributed by atoms with Gasteiger partial charge < -0.3 is 19.2 Å². The van der Waals surface area contributed by atoms with Gasteiger partial charge in [0.25, 0.3) is 5.09 Å². The molecule has 2 aromatic carbocycles. The van der Waals surface area contributed by atoms with Crippen molar-refractivity contribution >= 4 is 17.7 Å². The summed E-state index contributed by atoms with van der Waals surface area (Å²) < 4.78 is 7.38. The number of H-pyrrole nitrogens is 1. The zero-order valence-corrected chi connectivity index (χ0v) is 24.5. The van der Waals surface area contributed by atoms with Gasteiger partial charge in [0.1, 0.15) is 30.3 Å². The second kappa shape index (κ2) is 14.0. The fraction of sp³-hybridized carbons (Fsp3) is 0.393. The molecule has 0 aliphatic rings. The molecule has 0 unspecified atom stereocenters. The summed E-state index contributed by atoms with van der Waals surface area (Å²) in [5.41, 5.74) is 2.80. The van der Waals surface area contributed by atoms with E-state index in [-0.39, 0.29) is 24.6 Å². The Balaban J connectivity index is 1.56. The summed E-state index contributed by atoms with van der Waals surface area (Å²) in [5, 5.41) is 34.7. The predicted octanol–water partition coefficient (Wildman–Crippen LogP) is 4.06. The van der Waals surface area contributed by atoms with E-state index in [4.69, 9.17) is 4.74 Å². The topological polar surface area (TPSA) is 171 Å². The number of nitrogens with one attached hydrogen (secondary N) is 1. The van der Waals surface area contributed by atoms with Gasteiger partial charge in [-0.3, -0.25) is 0 Å². The normalized spacial score (nSPS) is 11.4. The Hall–Kier alpha value is -4.30. The van der Waals surface area contributed by atoms with Gasteiger partial charge >= 0.3 is 5.97 Å². The zero-order chi connectivity index (χ0) is 30.1. The molecule has 0 radical (unpaired) electrons. The SMILES string of the molecule is CCCc1nc(C(C)(C)O)c(C(=O)OCCSCCO[N+](=O)[O-])n1Cc1ccc(-c2ccccc2-c2nn[nH]n2)cc1. The summed E-state index contributed by atoms with van der Waals surface area (Å²) >= 11 is 1.37. The van der Waals surface area contributed by atoms with Crippen LogP contribution in [0.2, 0.25) is 0 Å². The Morgan fingerprint density at radius 2 is 1.83 bits per heavy atom. The van der Waals surface area contributed by atoms with Gasteiger partial charge in [0.15, 0.2) is 5.69 Å². The highest BCUT2D eigenvalue weighted by atomic mass is 32.2. The van der Waals surface area contributed by atoms with E-state index < -0.39 is 16.7 Å². The Morgan fingerprint density at radius 3 is 2.48 bits per heavy atom. The van der Waals surface area contributed by atoms with Crippen molar-refractivity contribution < 1.29 is 24.6 Å². The number of benzene rings is 2. The van der Waals surface area contributed by atoms with Crippen molar-refractivity contribution in [1.29, 1.82) is 0 Å². The predicted molar refractivity (Wildman–Crippen MR) is 156 cm³/mol. The Morgan fingerprint density at radius 1 is 1.12 bits per heavy atom. The highest BCUT2D eigenvalue weighted by Gasteiger charge is 2.32. The van der Waals surface area contributed by atoms with Gasteiger partial charge in [-0.1, -0.05) is 55.5 Å². The van der Waals surface area contributed by atoms with Crippen LogP contribution >= 0.6 is 11.8 Å². The number of nitrogens with zero attached hydrogens (tertiary/aromatic N) is 6. The number of tetrazole rings is 1.